The van der Waals surface area contributed by atoms with Crippen LogP contribution in [0.1, 0.15) is 23.6 Å². The molecule has 2 aromatic carbocycles. The van der Waals surface area contributed by atoms with E-state index >= 15 is 0 Å². The summed E-state index contributed by atoms with van der Waals surface area (Å²) in [5, 5.41) is 6.86. The number of morpholine rings is 1. The number of aryl methyl sites for hydroxylation is 1. The maximum absolute atomic E-state index is 5.96. The van der Waals surface area contributed by atoms with Gasteiger partial charge in [-0.15, -0.1) is 0 Å². The van der Waals surface area contributed by atoms with Gasteiger partial charge in [-0.05, 0) is 37.1 Å². The monoisotopic (exact) mass is 440 g/mol. The summed E-state index contributed by atoms with van der Waals surface area (Å²) in [7, 11) is 1.79. The van der Waals surface area contributed by atoms with Gasteiger partial charge in [-0.1, -0.05) is 30.3 Å². The first-order valence-corrected chi connectivity index (χ1v) is 11.4. The second-order valence-corrected chi connectivity index (χ2v) is 7.66. The van der Waals surface area contributed by atoms with Crippen molar-refractivity contribution in [1.82, 2.24) is 10.6 Å². The molecule has 0 aromatic heterocycles. The van der Waals surface area contributed by atoms with E-state index in [0.29, 0.717) is 32.9 Å². The molecule has 0 aliphatic carbocycles. The van der Waals surface area contributed by atoms with E-state index in [9.17, 15) is 0 Å². The van der Waals surface area contributed by atoms with Crippen molar-refractivity contribution in [2.45, 2.75) is 26.9 Å². The van der Waals surface area contributed by atoms with Gasteiger partial charge in [0.25, 0.3) is 0 Å². The number of ether oxygens (including phenoxy) is 3. The fourth-order valence-electron chi connectivity index (χ4n) is 3.65. The van der Waals surface area contributed by atoms with Gasteiger partial charge in [0.15, 0.2) is 5.96 Å². The van der Waals surface area contributed by atoms with Gasteiger partial charge in [0.1, 0.15) is 12.4 Å². The zero-order chi connectivity index (χ0) is 22.6. The van der Waals surface area contributed by atoms with Crippen molar-refractivity contribution in [3.63, 3.8) is 0 Å². The molecule has 0 bridgehead atoms. The molecule has 0 saturated carbocycles. The molecule has 0 atom stereocenters. The van der Waals surface area contributed by atoms with Gasteiger partial charge in [0.05, 0.1) is 19.8 Å². The lowest BCUT2D eigenvalue weighted by Crippen LogP contribution is -2.39. The predicted molar refractivity (Wildman–Crippen MR) is 130 cm³/mol. The maximum Gasteiger partial charge on any atom is 0.191 e. The minimum Gasteiger partial charge on any atom is -0.491 e. The highest BCUT2D eigenvalue weighted by atomic mass is 16.5. The van der Waals surface area contributed by atoms with Gasteiger partial charge >= 0.3 is 0 Å². The number of para-hydroxylation sites is 1. The maximum atomic E-state index is 5.96. The smallest absolute Gasteiger partial charge is 0.191 e. The summed E-state index contributed by atoms with van der Waals surface area (Å²) in [5.41, 5.74) is 4.75. The summed E-state index contributed by atoms with van der Waals surface area (Å²) < 4.78 is 16.8. The zero-order valence-electron chi connectivity index (χ0n) is 19.5. The minimum absolute atomic E-state index is 0.537. The Morgan fingerprint density at radius 1 is 1.03 bits per heavy atom. The number of nitrogens with zero attached hydrogens (tertiary/aromatic N) is 2. The number of guanidine groups is 1. The van der Waals surface area contributed by atoms with Crippen molar-refractivity contribution in [2.75, 3.05) is 58.1 Å². The number of benzene rings is 2. The Balaban J connectivity index is 1.57. The van der Waals surface area contributed by atoms with Crippen LogP contribution in [0.3, 0.4) is 0 Å². The molecule has 7 nitrogen and oxygen atoms in total. The van der Waals surface area contributed by atoms with Crippen LogP contribution in [0.2, 0.25) is 0 Å². The minimum atomic E-state index is 0.537. The Bertz CT molecular complexity index is 866. The van der Waals surface area contributed by atoms with Gasteiger partial charge in [0.2, 0.25) is 0 Å². The highest BCUT2D eigenvalue weighted by molar-refractivity contribution is 5.80. The van der Waals surface area contributed by atoms with E-state index in [0.717, 1.165) is 43.6 Å². The van der Waals surface area contributed by atoms with Crippen LogP contribution in [-0.4, -0.2) is 59.1 Å². The number of aliphatic imine (C=N–C) groups is 1. The normalized spacial score (nSPS) is 14.3. The standard InChI is InChI=1S/C25H36N4O3/c1-4-30-15-16-32-24-17-20(2)9-10-22(24)19-28-25(26-3)27-18-21-7-5-6-8-23(21)29-11-13-31-14-12-29/h5-10,17H,4,11-16,18-19H2,1-3H3,(H2,26,27,28). The Morgan fingerprint density at radius 3 is 2.53 bits per heavy atom. The molecular formula is C25H36N4O3. The molecule has 2 aromatic rings. The van der Waals surface area contributed by atoms with E-state index in [1.807, 2.05) is 6.92 Å². The summed E-state index contributed by atoms with van der Waals surface area (Å²) in [6.07, 6.45) is 0. The Kier molecular flexibility index (Phi) is 9.65. The molecule has 174 valence electrons. The lowest BCUT2D eigenvalue weighted by molar-refractivity contribution is 0.110. The van der Waals surface area contributed by atoms with Crippen molar-refractivity contribution in [3.05, 3.63) is 59.2 Å². The molecule has 1 fully saturated rings. The molecule has 0 amide bonds. The van der Waals surface area contributed by atoms with Crippen molar-refractivity contribution < 1.29 is 14.2 Å². The molecular weight excluding hydrogens is 404 g/mol. The van der Waals surface area contributed by atoms with E-state index in [1.54, 1.807) is 7.05 Å². The molecule has 1 aliphatic heterocycles. The van der Waals surface area contributed by atoms with Crippen molar-refractivity contribution in [1.29, 1.82) is 0 Å². The van der Waals surface area contributed by atoms with E-state index < -0.39 is 0 Å². The van der Waals surface area contributed by atoms with Crippen LogP contribution in [0.5, 0.6) is 5.75 Å². The largest absolute Gasteiger partial charge is 0.491 e. The average Bonchev–Trinajstić information content (AvgIpc) is 2.83. The molecule has 32 heavy (non-hydrogen) atoms. The Hall–Kier alpha value is -2.77. The molecule has 2 N–H and O–H groups in total. The van der Waals surface area contributed by atoms with E-state index in [4.69, 9.17) is 14.2 Å². The molecule has 3 rings (SSSR count). The second kappa shape index (κ2) is 12.9. The molecule has 1 aliphatic rings. The van der Waals surface area contributed by atoms with Crippen LogP contribution in [0.15, 0.2) is 47.5 Å². The third kappa shape index (κ3) is 7.14. The van der Waals surface area contributed by atoms with Crippen LogP contribution >= 0.6 is 0 Å². The van der Waals surface area contributed by atoms with E-state index in [-0.39, 0.29) is 0 Å². The summed E-state index contributed by atoms with van der Waals surface area (Å²) in [5.74, 6) is 1.63. The number of anilines is 1. The topological polar surface area (TPSA) is 67.4 Å². The van der Waals surface area contributed by atoms with Crippen LogP contribution in [0, 0.1) is 6.92 Å². The SMILES string of the molecule is CCOCCOc1cc(C)ccc1CNC(=NC)NCc1ccccc1N1CCOCC1. The number of rotatable bonds is 10. The van der Waals surface area contributed by atoms with E-state index in [1.165, 1.54) is 16.8 Å². The first-order chi connectivity index (χ1) is 15.7. The first kappa shape index (κ1) is 23.9. The third-order valence-electron chi connectivity index (χ3n) is 5.37. The summed E-state index contributed by atoms with van der Waals surface area (Å²) in [6.45, 7) is 10.6. The van der Waals surface area contributed by atoms with Crippen LogP contribution < -0.4 is 20.3 Å². The van der Waals surface area contributed by atoms with Gasteiger partial charge in [0, 0.05) is 51.1 Å². The van der Waals surface area contributed by atoms with Gasteiger partial charge in [-0.3, -0.25) is 4.99 Å². The number of hydrogen-bond acceptors (Lipinski definition) is 5. The number of nitrogens with one attached hydrogen (secondary N) is 2. The van der Waals surface area contributed by atoms with Crippen LogP contribution in [0.25, 0.3) is 0 Å². The highest BCUT2D eigenvalue weighted by Crippen LogP contribution is 2.22. The van der Waals surface area contributed by atoms with Gasteiger partial charge in [-0.2, -0.15) is 0 Å². The van der Waals surface area contributed by atoms with Crippen LogP contribution in [0.4, 0.5) is 5.69 Å². The molecule has 1 heterocycles. The van der Waals surface area contributed by atoms with Crippen molar-refractivity contribution >= 4 is 11.6 Å². The first-order valence-electron chi connectivity index (χ1n) is 11.4. The lowest BCUT2D eigenvalue weighted by atomic mass is 10.1. The molecule has 0 unspecified atom stereocenters. The molecule has 7 heteroatoms. The summed E-state index contributed by atoms with van der Waals surface area (Å²) in [4.78, 5) is 6.78. The Labute approximate surface area is 191 Å². The fraction of sp³-hybridized carbons (Fsp3) is 0.480. The predicted octanol–water partition coefficient (Wildman–Crippen LogP) is 3.11. The second-order valence-electron chi connectivity index (χ2n) is 7.66. The van der Waals surface area contributed by atoms with Crippen molar-refractivity contribution in [2.24, 2.45) is 4.99 Å². The molecule has 0 spiro atoms. The van der Waals surface area contributed by atoms with Crippen LogP contribution in [-0.2, 0) is 22.6 Å². The summed E-state index contributed by atoms with van der Waals surface area (Å²) >= 11 is 0. The third-order valence-corrected chi connectivity index (χ3v) is 5.37. The van der Waals surface area contributed by atoms with Crippen molar-refractivity contribution in [3.8, 4) is 5.75 Å². The zero-order valence-corrected chi connectivity index (χ0v) is 19.5. The summed E-state index contributed by atoms with van der Waals surface area (Å²) in [6, 6.07) is 14.8. The fourth-order valence-corrected chi connectivity index (χ4v) is 3.65. The lowest BCUT2D eigenvalue weighted by Gasteiger charge is -2.30. The van der Waals surface area contributed by atoms with Gasteiger partial charge < -0.3 is 29.7 Å². The Morgan fingerprint density at radius 2 is 1.78 bits per heavy atom. The quantitative estimate of drug-likeness (QED) is 0.336. The molecule has 0 radical (unpaired) electrons. The average molecular weight is 441 g/mol. The van der Waals surface area contributed by atoms with Gasteiger partial charge in [-0.25, -0.2) is 0 Å². The molecule has 1 saturated heterocycles. The highest BCUT2D eigenvalue weighted by Gasteiger charge is 2.14. The number of hydrogen-bond donors (Lipinski definition) is 2. The van der Waals surface area contributed by atoms with E-state index in [2.05, 4.69) is 69.9 Å².